The number of aromatic nitrogens is 2. The maximum atomic E-state index is 12.4. The fraction of sp³-hybridized carbons (Fsp3) is 0.545. The molecular weight excluding hydrogens is 300 g/mol. The minimum Gasteiger partial charge on any atom is -0.476 e. The highest BCUT2D eigenvalue weighted by atomic mass is 32.2. The fourth-order valence-electron chi connectivity index (χ4n) is 1.64. The lowest BCUT2D eigenvalue weighted by Gasteiger charge is -2.16. The molecule has 1 aromatic rings. The summed E-state index contributed by atoms with van der Waals surface area (Å²) < 4.78 is 25.5. The Labute approximate surface area is 122 Å². The second kappa shape index (κ2) is 6.68. The van der Waals surface area contributed by atoms with Crippen LogP contribution in [0, 0.1) is 6.92 Å². The van der Waals surface area contributed by atoms with Crippen molar-refractivity contribution in [3.05, 3.63) is 11.4 Å². The number of nitrogens with zero attached hydrogens (tertiary/aromatic N) is 2. The van der Waals surface area contributed by atoms with Gasteiger partial charge in [0.25, 0.3) is 0 Å². The van der Waals surface area contributed by atoms with Gasteiger partial charge in [-0.3, -0.25) is 9.89 Å². The molecule has 1 aromatic heterocycles. The average Bonchev–Trinajstić information content (AvgIpc) is 2.78. The van der Waals surface area contributed by atoms with Gasteiger partial charge in [-0.25, -0.2) is 13.2 Å². The van der Waals surface area contributed by atoms with Crippen LogP contribution in [-0.2, 0) is 14.8 Å². The zero-order chi connectivity index (χ0) is 16.2. The van der Waals surface area contributed by atoms with E-state index in [2.05, 4.69) is 15.5 Å². The van der Waals surface area contributed by atoms with Gasteiger partial charge in [-0.1, -0.05) is 6.92 Å². The van der Waals surface area contributed by atoms with Crippen LogP contribution < -0.4 is 5.32 Å². The number of nitrogens with one attached hydrogen (secondary N) is 2. The van der Waals surface area contributed by atoms with Gasteiger partial charge in [0.05, 0.1) is 12.2 Å². The van der Waals surface area contributed by atoms with Gasteiger partial charge >= 0.3 is 5.97 Å². The molecular formula is C11H18N4O5S. The van der Waals surface area contributed by atoms with Gasteiger partial charge < -0.3 is 10.4 Å². The summed E-state index contributed by atoms with van der Waals surface area (Å²) in [5.41, 5.74) is -0.485. The second-order valence-electron chi connectivity index (χ2n) is 4.44. The number of rotatable bonds is 7. The Balaban J connectivity index is 3.03. The van der Waals surface area contributed by atoms with Crippen LogP contribution in [0.3, 0.4) is 0 Å². The number of hydrogen-bond acceptors (Lipinski definition) is 5. The first-order valence-corrected chi connectivity index (χ1v) is 7.67. The van der Waals surface area contributed by atoms with Crippen LogP contribution in [0.1, 0.15) is 29.5 Å². The fourth-order valence-corrected chi connectivity index (χ4v) is 3.05. The summed E-state index contributed by atoms with van der Waals surface area (Å²) in [5.74, 6) is -1.91. The number of sulfonamides is 1. The Morgan fingerprint density at radius 3 is 2.57 bits per heavy atom. The third kappa shape index (κ3) is 3.79. The normalized spacial score (nSPS) is 11.6. The van der Waals surface area contributed by atoms with E-state index >= 15 is 0 Å². The summed E-state index contributed by atoms with van der Waals surface area (Å²) in [6.07, 6.45) is 0.728. The van der Waals surface area contributed by atoms with E-state index in [1.165, 1.54) is 14.0 Å². The molecule has 21 heavy (non-hydrogen) atoms. The van der Waals surface area contributed by atoms with E-state index in [1.807, 2.05) is 6.92 Å². The monoisotopic (exact) mass is 318 g/mol. The van der Waals surface area contributed by atoms with Crippen molar-refractivity contribution < 1.29 is 23.1 Å². The first-order valence-electron chi connectivity index (χ1n) is 6.23. The van der Waals surface area contributed by atoms with Gasteiger partial charge in [0, 0.05) is 13.6 Å². The van der Waals surface area contributed by atoms with Crippen molar-refractivity contribution in [1.82, 2.24) is 19.8 Å². The number of carboxylic acids is 1. The van der Waals surface area contributed by atoms with Gasteiger partial charge in [0.2, 0.25) is 15.9 Å². The molecule has 0 atom stereocenters. The number of aromatic amines is 1. The third-order valence-electron chi connectivity index (χ3n) is 2.70. The summed E-state index contributed by atoms with van der Waals surface area (Å²) in [7, 11) is -2.92. The van der Waals surface area contributed by atoms with Crippen molar-refractivity contribution in [3.63, 3.8) is 0 Å². The molecule has 0 radical (unpaired) electrons. The Hall–Kier alpha value is -1.94. The zero-order valence-electron chi connectivity index (χ0n) is 12.0. The Bertz CT molecular complexity index is 637. The minimum absolute atomic E-state index is 0.105. The Morgan fingerprint density at radius 1 is 1.43 bits per heavy atom. The molecule has 3 N–H and O–H groups in total. The lowest BCUT2D eigenvalue weighted by atomic mass is 10.4. The van der Waals surface area contributed by atoms with E-state index in [4.69, 9.17) is 5.11 Å². The van der Waals surface area contributed by atoms with E-state index in [0.29, 0.717) is 6.54 Å². The lowest BCUT2D eigenvalue weighted by molar-refractivity contribution is -0.121. The van der Waals surface area contributed by atoms with E-state index in [-0.39, 0.29) is 5.69 Å². The first kappa shape index (κ1) is 17.1. The number of aryl methyl sites for hydroxylation is 1. The number of hydrogen-bond donors (Lipinski definition) is 3. The standard InChI is InChI=1S/C11H18N4O5S/c1-4-5-12-8(16)6-15(3)21(19,20)10-7(2)13-14-9(10)11(17)18/h4-6H2,1-3H3,(H,12,16)(H,13,14)(H,17,18). The molecule has 118 valence electrons. The maximum absolute atomic E-state index is 12.4. The van der Waals surface area contributed by atoms with Crippen molar-refractivity contribution >= 4 is 21.9 Å². The molecule has 0 unspecified atom stereocenters. The van der Waals surface area contributed by atoms with Gasteiger partial charge in [0.15, 0.2) is 5.69 Å². The Morgan fingerprint density at radius 2 is 2.05 bits per heavy atom. The smallest absolute Gasteiger partial charge is 0.357 e. The van der Waals surface area contributed by atoms with Crippen LogP contribution in [0.4, 0.5) is 0 Å². The van der Waals surface area contributed by atoms with E-state index in [9.17, 15) is 18.0 Å². The number of carbonyl (C=O) groups excluding carboxylic acids is 1. The molecule has 0 fully saturated rings. The van der Waals surface area contributed by atoms with Gasteiger partial charge in [-0.05, 0) is 13.3 Å². The predicted octanol–water partition coefficient (Wildman–Crippen LogP) is -0.437. The quantitative estimate of drug-likeness (QED) is 0.624. The summed E-state index contributed by atoms with van der Waals surface area (Å²) in [5, 5.41) is 17.3. The van der Waals surface area contributed by atoms with Crippen LogP contribution in [0.5, 0.6) is 0 Å². The summed E-state index contributed by atoms with van der Waals surface area (Å²) >= 11 is 0. The molecule has 0 saturated heterocycles. The highest BCUT2D eigenvalue weighted by Gasteiger charge is 2.32. The van der Waals surface area contributed by atoms with Crippen molar-refractivity contribution in [3.8, 4) is 0 Å². The van der Waals surface area contributed by atoms with E-state index < -0.39 is 39.0 Å². The molecule has 0 spiro atoms. The van der Waals surface area contributed by atoms with Crippen LogP contribution in [0.2, 0.25) is 0 Å². The van der Waals surface area contributed by atoms with Crippen LogP contribution >= 0.6 is 0 Å². The summed E-state index contributed by atoms with van der Waals surface area (Å²) in [4.78, 5) is 22.2. The molecule has 1 rings (SSSR count). The predicted molar refractivity (Wildman–Crippen MR) is 73.4 cm³/mol. The number of carbonyl (C=O) groups is 2. The molecule has 9 nitrogen and oxygen atoms in total. The maximum Gasteiger partial charge on any atom is 0.357 e. The van der Waals surface area contributed by atoms with Gasteiger partial charge in [0.1, 0.15) is 4.90 Å². The Kier molecular flexibility index (Phi) is 5.44. The molecule has 0 bridgehead atoms. The van der Waals surface area contributed by atoms with E-state index in [1.54, 1.807) is 0 Å². The average molecular weight is 318 g/mol. The molecule has 0 saturated carbocycles. The summed E-state index contributed by atoms with van der Waals surface area (Å²) in [6, 6.07) is 0. The highest BCUT2D eigenvalue weighted by Crippen LogP contribution is 2.21. The van der Waals surface area contributed by atoms with Crippen molar-refractivity contribution in [2.75, 3.05) is 20.1 Å². The second-order valence-corrected chi connectivity index (χ2v) is 6.42. The van der Waals surface area contributed by atoms with Crippen LogP contribution in [0.25, 0.3) is 0 Å². The molecule has 0 aliphatic rings. The SMILES string of the molecule is CCCNC(=O)CN(C)S(=O)(=O)c1c(C(=O)O)n[nH]c1C. The molecule has 0 aliphatic heterocycles. The minimum atomic E-state index is -4.12. The molecule has 0 aromatic carbocycles. The van der Waals surface area contributed by atoms with Crippen molar-refractivity contribution in [1.29, 1.82) is 0 Å². The number of amides is 1. The number of carboxylic acid groups (broad SMARTS) is 1. The lowest BCUT2D eigenvalue weighted by Crippen LogP contribution is -2.39. The molecule has 10 heteroatoms. The number of likely N-dealkylation sites (N-methyl/N-ethyl adjacent to an activating group) is 1. The van der Waals surface area contributed by atoms with Gasteiger partial charge in [-0.2, -0.15) is 9.40 Å². The van der Waals surface area contributed by atoms with E-state index in [0.717, 1.165) is 10.7 Å². The molecule has 0 aliphatic carbocycles. The van der Waals surface area contributed by atoms with Crippen molar-refractivity contribution in [2.45, 2.75) is 25.2 Å². The summed E-state index contributed by atoms with van der Waals surface area (Å²) in [6.45, 7) is 3.32. The zero-order valence-corrected chi connectivity index (χ0v) is 12.8. The largest absolute Gasteiger partial charge is 0.476 e. The first-order chi connectivity index (χ1) is 9.71. The molecule has 1 amide bonds. The third-order valence-corrected chi connectivity index (χ3v) is 4.67. The van der Waals surface area contributed by atoms with Crippen LogP contribution in [-0.4, -0.2) is 60.0 Å². The topological polar surface area (TPSA) is 132 Å². The highest BCUT2D eigenvalue weighted by molar-refractivity contribution is 7.89. The number of aromatic carboxylic acids is 1. The molecule has 1 heterocycles. The van der Waals surface area contributed by atoms with Crippen LogP contribution in [0.15, 0.2) is 4.90 Å². The van der Waals surface area contributed by atoms with Gasteiger partial charge in [-0.15, -0.1) is 0 Å². The number of H-pyrrole nitrogens is 1. The van der Waals surface area contributed by atoms with Crippen molar-refractivity contribution in [2.24, 2.45) is 0 Å².